The van der Waals surface area contributed by atoms with Gasteiger partial charge in [-0.05, 0) is 31.8 Å². The molecule has 2 atom stereocenters. The maximum absolute atomic E-state index is 11.1. The van der Waals surface area contributed by atoms with Crippen LogP contribution in [0.25, 0.3) is 6.20 Å². The lowest BCUT2D eigenvalue weighted by Gasteiger charge is -2.29. The summed E-state index contributed by atoms with van der Waals surface area (Å²) in [4.78, 5) is 6.28. The second-order valence-electron chi connectivity index (χ2n) is 5.69. The van der Waals surface area contributed by atoms with Crippen molar-refractivity contribution in [3.8, 4) is 17.2 Å². The van der Waals surface area contributed by atoms with Crippen LogP contribution in [-0.2, 0) is 0 Å². The van der Waals surface area contributed by atoms with Crippen molar-refractivity contribution in [3.05, 3.63) is 42.5 Å². The summed E-state index contributed by atoms with van der Waals surface area (Å²) in [7, 11) is 8.39. The van der Waals surface area contributed by atoms with E-state index in [1.165, 1.54) is 0 Å². The first-order chi connectivity index (χ1) is 12.0. The van der Waals surface area contributed by atoms with E-state index in [2.05, 4.69) is 11.6 Å². The molecule has 1 aromatic heterocycles. The number of aromatic nitrogens is 2. The highest BCUT2D eigenvalue weighted by atomic mass is 16.5. The average molecular weight is 347 g/mol. The number of nitrogens with zero attached hydrogens (tertiary/aromatic N) is 3. The van der Waals surface area contributed by atoms with Gasteiger partial charge in [-0.3, -0.25) is 4.90 Å². The minimum atomic E-state index is -0.871. The first kappa shape index (κ1) is 18.8. The molecule has 0 bridgehead atoms. The molecule has 7 heteroatoms. The number of rotatable bonds is 8. The van der Waals surface area contributed by atoms with Gasteiger partial charge in [0.1, 0.15) is 11.9 Å². The molecular formula is C18H25N3O4. The molecule has 7 nitrogen and oxygen atoms in total. The van der Waals surface area contributed by atoms with E-state index in [1.54, 1.807) is 56.6 Å². The third-order valence-corrected chi connectivity index (χ3v) is 4.04. The molecule has 25 heavy (non-hydrogen) atoms. The Morgan fingerprint density at radius 3 is 2.20 bits per heavy atom. The number of benzene rings is 1. The number of methoxy groups -OCH3 is 3. The van der Waals surface area contributed by atoms with E-state index in [0.717, 1.165) is 0 Å². The molecule has 0 saturated heterocycles. The maximum Gasteiger partial charge on any atom is 0.203 e. The molecule has 0 aliphatic carbocycles. The van der Waals surface area contributed by atoms with Gasteiger partial charge in [0.05, 0.1) is 27.4 Å². The van der Waals surface area contributed by atoms with E-state index in [4.69, 9.17) is 14.2 Å². The van der Waals surface area contributed by atoms with E-state index < -0.39 is 12.1 Å². The zero-order valence-corrected chi connectivity index (χ0v) is 15.3. The zero-order valence-electron chi connectivity index (χ0n) is 15.3. The summed E-state index contributed by atoms with van der Waals surface area (Å²) in [6.07, 6.45) is 4.25. The molecule has 0 saturated carbocycles. The van der Waals surface area contributed by atoms with E-state index in [-0.39, 0.29) is 0 Å². The number of likely N-dealkylation sites (N-methyl/N-ethyl adjacent to an activating group) is 1. The van der Waals surface area contributed by atoms with Crippen LogP contribution < -0.4 is 14.2 Å². The van der Waals surface area contributed by atoms with Gasteiger partial charge in [0, 0.05) is 18.6 Å². The Morgan fingerprint density at radius 1 is 1.16 bits per heavy atom. The second-order valence-corrected chi connectivity index (χ2v) is 5.69. The van der Waals surface area contributed by atoms with E-state index in [1.807, 2.05) is 19.0 Å². The van der Waals surface area contributed by atoms with E-state index in [9.17, 15) is 5.11 Å². The third-order valence-electron chi connectivity index (χ3n) is 4.04. The molecule has 136 valence electrons. The molecule has 1 heterocycles. The molecular weight excluding hydrogens is 322 g/mol. The summed E-state index contributed by atoms with van der Waals surface area (Å²) in [5.74, 6) is 2.14. The lowest BCUT2D eigenvalue weighted by molar-refractivity contribution is 0.0695. The van der Waals surface area contributed by atoms with Crippen molar-refractivity contribution in [2.45, 2.75) is 12.1 Å². The van der Waals surface area contributed by atoms with Crippen LogP contribution in [0.3, 0.4) is 0 Å². The van der Waals surface area contributed by atoms with Crippen LogP contribution in [0.2, 0.25) is 0 Å². The number of aliphatic hydroxyl groups is 1. The summed E-state index contributed by atoms with van der Waals surface area (Å²) in [5.41, 5.74) is 0.631. The van der Waals surface area contributed by atoms with Crippen molar-refractivity contribution in [1.82, 2.24) is 14.5 Å². The minimum Gasteiger partial charge on any atom is -0.493 e. The van der Waals surface area contributed by atoms with Crippen molar-refractivity contribution in [1.29, 1.82) is 0 Å². The topological polar surface area (TPSA) is 69.0 Å². The van der Waals surface area contributed by atoms with Gasteiger partial charge in [0.2, 0.25) is 5.75 Å². The van der Waals surface area contributed by atoms with Gasteiger partial charge in [-0.25, -0.2) is 4.98 Å². The Kier molecular flexibility index (Phi) is 6.06. The highest BCUT2D eigenvalue weighted by Gasteiger charge is 2.30. The fourth-order valence-corrected chi connectivity index (χ4v) is 2.82. The van der Waals surface area contributed by atoms with E-state index >= 15 is 0 Å². The summed E-state index contributed by atoms with van der Waals surface area (Å²) in [6.45, 7) is 3.78. The summed E-state index contributed by atoms with van der Waals surface area (Å²) in [6, 6.07) is 3.09. The van der Waals surface area contributed by atoms with Gasteiger partial charge >= 0.3 is 0 Å². The molecule has 0 fully saturated rings. The Bertz CT molecular complexity index is 702. The van der Waals surface area contributed by atoms with Gasteiger partial charge in [-0.1, -0.05) is 6.58 Å². The Morgan fingerprint density at radius 2 is 1.76 bits per heavy atom. The smallest absolute Gasteiger partial charge is 0.203 e. The fourth-order valence-electron chi connectivity index (χ4n) is 2.82. The van der Waals surface area contributed by atoms with Gasteiger partial charge in [0.25, 0.3) is 0 Å². The molecule has 1 N–H and O–H groups in total. The Hall–Kier alpha value is -2.51. The lowest BCUT2D eigenvalue weighted by Crippen LogP contribution is -2.28. The highest BCUT2D eigenvalue weighted by Crippen LogP contribution is 2.42. The largest absolute Gasteiger partial charge is 0.493 e. The van der Waals surface area contributed by atoms with Crippen LogP contribution in [0, 0.1) is 0 Å². The van der Waals surface area contributed by atoms with Crippen molar-refractivity contribution in [3.63, 3.8) is 0 Å². The predicted molar refractivity (Wildman–Crippen MR) is 96.1 cm³/mol. The second kappa shape index (κ2) is 8.04. The van der Waals surface area contributed by atoms with Crippen molar-refractivity contribution < 1.29 is 19.3 Å². The lowest BCUT2D eigenvalue weighted by atomic mass is 9.99. The zero-order chi connectivity index (χ0) is 18.6. The summed E-state index contributed by atoms with van der Waals surface area (Å²) < 4.78 is 17.9. The molecule has 0 aliphatic heterocycles. The van der Waals surface area contributed by atoms with Crippen molar-refractivity contribution in [2.75, 3.05) is 35.4 Å². The maximum atomic E-state index is 11.1. The van der Waals surface area contributed by atoms with Crippen molar-refractivity contribution >= 4 is 6.20 Å². The van der Waals surface area contributed by atoms with Crippen LogP contribution in [0.5, 0.6) is 17.2 Å². The molecule has 0 unspecified atom stereocenters. The van der Waals surface area contributed by atoms with Crippen LogP contribution >= 0.6 is 0 Å². The molecule has 0 spiro atoms. The summed E-state index contributed by atoms with van der Waals surface area (Å²) >= 11 is 0. The molecule has 0 radical (unpaired) electrons. The van der Waals surface area contributed by atoms with Gasteiger partial charge in [-0.2, -0.15) is 0 Å². The molecule has 2 aromatic rings. The fraction of sp³-hybridized carbons (Fsp3) is 0.389. The molecule has 2 rings (SSSR count). The summed E-state index contributed by atoms with van der Waals surface area (Å²) in [5, 5.41) is 11.1. The van der Waals surface area contributed by atoms with E-state index in [0.29, 0.717) is 28.6 Å². The molecule has 0 amide bonds. The molecule has 0 aliphatic rings. The number of ether oxygens (including phenoxy) is 3. The van der Waals surface area contributed by atoms with Gasteiger partial charge in [-0.15, -0.1) is 0 Å². The standard InChI is InChI=1S/C18H25N3O4/c1-7-21-9-8-19-18(21)15(20(2)3)16(22)12-10-13(23-4)17(25-6)14(11-12)24-5/h7-11,15-16,22H,1H2,2-6H3/t15-,16+/m1/s1. The predicted octanol–water partition coefficient (Wildman–Crippen LogP) is 2.35. The van der Waals surface area contributed by atoms with Gasteiger partial charge < -0.3 is 23.9 Å². The first-order valence-electron chi connectivity index (χ1n) is 7.78. The number of aliphatic hydroxyl groups excluding tert-OH is 1. The monoisotopic (exact) mass is 347 g/mol. The Labute approximate surface area is 148 Å². The van der Waals surface area contributed by atoms with Gasteiger partial charge in [0.15, 0.2) is 11.5 Å². The number of hydrogen-bond acceptors (Lipinski definition) is 6. The normalized spacial score (nSPS) is 13.4. The molecule has 1 aromatic carbocycles. The van der Waals surface area contributed by atoms with Crippen LogP contribution in [0.4, 0.5) is 0 Å². The average Bonchev–Trinajstić information content (AvgIpc) is 3.08. The van der Waals surface area contributed by atoms with Crippen LogP contribution in [0.15, 0.2) is 31.1 Å². The van der Waals surface area contributed by atoms with Crippen LogP contribution in [-0.4, -0.2) is 55.0 Å². The SMILES string of the molecule is C=Cn1ccnc1[C@@H]([C@@H](O)c1cc(OC)c(OC)c(OC)c1)N(C)C. The highest BCUT2D eigenvalue weighted by molar-refractivity contribution is 5.54. The van der Waals surface area contributed by atoms with Crippen molar-refractivity contribution in [2.24, 2.45) is 0 Å². The number of imidazole rings is 1. The first-order valence-corrected chi connectivity index (χ1v) is 7.78. The third kappa shape index (κ3) is 3.62. The van der Waals surface area contributed by atoms with Crippen LogP contribution in [0.1, 0.15) is 23.5 Å². The minimum absolute atomic E-state index is 0.393. The quantitative estimate of drug-likeness (QED) is 0.790. The number of hydrogen-bond donors (Lipinski definition) is 1. The Balaban J connectivity index is 2.53.